The van der Waals surface area contributed by atoms with Crippen LogP contribution in [0.15, 0.2) is 30.5 Å². The van der Waals surface area contributed by atoms with Gasteiger partial charge in [-0.05, 0) is 37.1 Å². The Balaban J connectivity index is 1.48. The summed E-state index contributed by atoms with van der Waals surface area (Å²) in [4.78, 5) is 21.2. The maximum Gasteiger partial charge on any atom is 0.285 e. The molecule has 0 radical (unpaired) electrons. The number of anilines is 1. The minimum absolute atomic E-state index is 0.0454. The lowest BCUT2D eigenvalue weighted by molar-refractivity contribution is -0.145. The lowest BCUT2D eigenvalue weighted by atomic mass is 10.0. The molecule has 0 bridgehead atoms. The Bertz CT molecular complexity index is 1500. The molecule has 10 nitrogen and oxygen atoms in total. The first-order valence-corrected chi connectivity index (χ1v) is 11.8. The smallest absolute Gasteiger partial charge is 0.285 e. The van der Waals surface area contributed by atoms with E-state index in [2.05, 4.69) is 20.4 Å². The summed E-state index contributed by atoms with van der Waals surface area (Å²) in [6.07, 6.45) is -1.00. The molecule has 38 heavy (non-hydrogen) atoms. The maximum atomic E-state index is 14.8. The third kappa shape index (κ3) is 4.59. The predicted octanol–water partition coefficient (Wildman–Crippen LogP) is 2.97. The van der Waals surface area contributed by atoms with Crippen molar-refractivity contribution in [1.82, 2.24) is 29.0 Å². The number of methoxy groups -OCH3 is 1. The summed E-state index contributed by atoms with van der Waals surface area (Å²) in [5, 5.41) is 16.0. The molecule has 1 aliphatic rings. The summed E-state index contributed by atoms with van der Waals surface area (Å²) in [5.41, 5.74) is 2.93. The molecule has 14 heteroatoms. The molecule has 1 fully saturated rings. The van der Waals surface area contributed by atoms with Crippen LogP contribution >= 0.6 is 0 Å². The van der Waals surface area contributed by atoms with Gasteiger partial charge in [-0.25, -0.2) is 27.1 Å². The highest BCUT2D eigenvalue weighted by Crippen LogP contribution is 2.35. The number of hydrogen-bond donors (Lipinski definition) is 2. The van der Waals surface area contributed by atoms with Crippen molar-refractivity contribution in [3.8, 4) is 17.0 Å². The fraction of sp³-hybridized carbons (Fsp3) is 0.417. The summed E-state index contributed by atoms with van der Waals surface area (Å²) in [5.74, 6) is -3.54. The molecule has 0 spiro atoms. The number of hydrogen-bond acceptors (Lipinski definition) is 7. The van der Waals surface area contributed by atoms with E-state index in [0.29, 0.717) is 33.5 Å². The number of aromatic nitrogens is 5. The summed E-state index contributed by atoms with van der Waals surface area (Å²) in [6, 6.07) is 5.68. The number of alkyl halides is 4. The normalized spacial score (nSPS) is 17.5. The topological polar surface area (TPSA) is 110 Å². The molecule has 0 saturated carbocycles. The average Bonchev–Trinajstić information content (AvgIpc) is 3.44. The summed E-state index contributed by atoms with van der Waals surface area (Å²) < 4.78 is 64.2. The lowest BCUT2D eigenvalue weighted by Gasteiger charge is -2.38. The molecule has 2 N–H and O–H groups in total. The second-order valence-electron chi connectivity index (χ2n) is 9.05. The lowest BCUT2D eigenvalue weighted by Crippen LogP contribution is -2.56. The number of ether oxygens (including phenoxy) is 1. The molecule has 4 heterocycles. The first-order chi connectivity index (χ1) is 18.1. The highest BCUT2D eigenvalue weighted by atomic mass is 19.3. The molecule has 0 aliphatic carbocycles. The number of imidazole rings is 1. The number of carbonyl (C=O) groups is 1. The predicted molar refractivity (Wildman–Crippen MR) is 130 cm³/mol. The van der Waals surface area contributed by atoms with Crippen LogP contribution in [0.5, 0.6) is 5.88 Å². The van der Waals surface area contributed by atoms with Gasteiger partial charge in [-0.1, -0.05) is 6.07 Å². The Labute approximate surface area is 213 Å². The molecule has 5 rings (SSSR count). The number of aryl methyl sites for hydroxylation is 1. The number of amides is 1. The van der Waals surface area contributed by atoms with Gasteiger partial charge < -0.3 is 24.6 Å². The molecule has 3 aromatic heterocycles. The zero-order valence-electron chi connectivity index (χ0n) is 20.5. The van der Waals surface area contributed by atoms with Gasteiger partial charge in [-0.3, -0.25) is 4.79 Å². The van der Waals surface area contributed by atoms with E-state index in [1.165, 1.54) is 16.2 Å². The highest BCUT2D eigenvalue weighted by molar-refractivity contribution is 5.90. The Morgan fingerprint density at radius 2 is 2.08 bits per heavy atom. The Kier molecular flexibility index (Phi) is 6.59. The fourth-order valence-corrected chi connectivity index (χ4v) is 4.79. The van der Waals surface area contributed by atoms with E-state index in [-0.39, 0.29) is 24.8 Å². The quantitative estimate of drug-likeness (QED) is 0.350. The molecule has 1 amide bonds. The van der Waals surface area contributed by atoms with Gasteiger partial charge in [0, 0.05) is 18.3 Å². The average molecular weight is 536 g/mol. The van der Waals surface area contributed by atoms with Gasteiger partial charge in [0.2, 0.25) is 17.7 Å². The number of likely N-dealkylation sites (tertiary alicyclic amines) is 1. The summed E-state index contributed by atoms with van der Waals surface area (Å²) in [6.45, 7) is -0.437. The number of fused-ring (bicyclic) bond motifs is 2. The number of aliphatic hydroxyl groups excluding tert-OH is 1. The third-order valence-electron chi connectivity index (χ3n) is 6.63. The van der Waals surface area contributed by atoms with Crippen molar-refractivity contribution in [2.75, 3.05) is 32.1 Å². The monoisotopic (exact) mass is 535 g/mol. The molecule has 4 aromatic rings. The SMILES string of the molecule is COc1nc(N[C@@H]2CCN(C(=O)CO)CC2(F)F)nn2ccc(-c3ccc4nc(C)n(CC(F)F)c4c3)c12. The third-order valence-corrected chi connectivity index (χ3v) is 6.63. The van der Waals surface area contributed by atoms with Crippen molar-refractivity contribution < 1.29 is 32.2 Å². The van der Waals surface area contributed by atoms with Crippen molar-refractivity contribution in [1.29, 1.82) is 0 Å². The first-order valence-electron chi connectivity index (χ1n) is 11.8. The number of nitrogens with one attached hydrogen (secondary N) is 1. The number of carbonyl (C=O) groups excluding carboxylic acids is 1. The Morgan fingerprint density at radius 1 is 1.29 bits per heavy atom. The number of rotatable bonds is 7. The zero-order valence-corrected chi connectivity index (χ0v) is 20.5. The van der Waals surface area contributed by atoms with Crippen molar-refractivity contribution in [3.05, 3.63) is 36.3 Å². The van der Waals surface area contributed by atoms with Crippen LogP contribution in [-0.2, 0) is 11.3 Å². The minimum atomic E-state index is -3.29. The van der Waals surface area contributed by atoms with Crippen molar-refractivity contribution in [2.45, 2.75) is 38.3 Å². The van der Waals surface area contributed by atoms with Gasteiger partial charge >= 0.3 is 0 Å². The van der Waals surface area contributed by atoms with Gasteiger partial charge in [0.1, 0.15) is 17.9 Å². The van der Waals surface area contributed by atoms with Crippen LogP contribution in [0.3, 0.4) is 0 Å². The van der Waals surface area contributed by atoms with Gasteiger partial charge in [-0.15, -0.1) is 5.10 Å². The van der Waals surface area contributed by atoms with E-state index in [9.17, 15) is 22.4 Å². The van der Waals surface area contributed by atoms with E-state index < -0.39 is 44.0 Å². The van der Waals surface area contributed by atoms with Crippen molar-refractivity contribution >= 4 is 28.4 Å². The molecular weight excluding hydrogens is 510 g/mol. The molecule has 1 aliphatic heterocycles. The number of halogens is 4. The van der Waals surface area contributed by atoms with E-state index in [4.69, 9.17) is 9.84 Å². The largest absolute Gasteiger partial charge is 0.479 e. The summed E-state index contributed by atoms with van der Waals surface area (Å²) in [7, 11) is 1.39. The van der Waals surface area contributed by atoms with E-state index in [0.717, 1.165) is 4.90 Å². The molecule has 1 atom stereocenters. The second kappa shape index (κ2) is 9.74. The molecular formula is C24H25F4N7O3. The molecule has 1 aromatic carbocycles. The minimum Gasteiger partial charge on any atom is -0.479 e. The van der Waals surface area contributed by atoms with Crippen molar-refractivity contribution in [2.24, 2.45) is 0 Å². The summed E-state index contributed by atoms with van der Waals surface area (Å²) >= 11 is 0. The van der Waals surface area contributed by atoms with Crippen molar-refractivity contribution in [3.63, 3.8) is 0 Å². The molecule has 1 saturated heterocycles. The Hall–Kier alpha value is -3.94. The van der Waals surface area contributed by atoms with E-state index in [1.54, 1.807) is 37.4 Å². The van der Waals surface area contributed by atoms with Crippen LogP contribution in [0.4, 0.5) is 23.5 Å². The van der Waals surface area contributed by atoms with Gasteiger partial charge in [-0.2, -0.15) is 4.98 Å². The fourth-order valence-electron chi connectivity index (χ4n) is 4.79. The number of piperidine rings is 1. The number of aliphatic hydroxyl groups is 1. The van der Waals surface area contributed by atoms with Crippen LogP contribution in [0.25, 0.3) is 27.7 Å². The van der Waals surface area contributed by atoms with Gasteiger partial charge in [0.25, 0.3) is 12.3 Å². The highest BCUT2D eigenvalue weighted by Gasteiger charge is 2.46. The van der Waals surface area contributed by atoms with Crippen LogP contribution in [-0.4, -0.2) is 85.3 Å². The molecule has 0 unspecified atom stereocenters. The number of nitrogens with zero attached hydrogens (tertiary/aromatic N) is 6. The van der Waals surface area contributed by atoms with Gasteiger partial charge in [0.05, 0.1) is 37.3 Å². The number of benzene rings is 1. The van der Waals surface area contributed by atoms with Crippen LogP contribution in [0.2, 0.25) is 0 Å². The van der Waals surface area contributed by atoms with E-state index in [1.807, 2.05) is 0 Å². The van der Waals surface area contributed by atoms with Crippen LogP contribution in [0, 0.1) is 6.92 Å². The molecule has 202 valence electrons. The van der Waals surface area contributed by atoms with Gasteiger partial charge in [0.15, 0.2) is 0 Å². The zero-order chi connectivity index (χ0) is 27.2. The standard InChI is InChI=1S/C24H25F4N7O3/c1-13-29-16-4-3-14(9-17(16)34(13)10-19(25)26)15-5-8-35-21(15)22(38-2)31-23(32-35)30-18-6-7-33(20(37)11-36)12-24(18,27)28/h3-5,8-9,18-19,36H,6-7,10-12H2,1-2H3,(H,30,32)/t18-/m1/s1. The Morgan fingerprint density at radius 3 is 2.76 bits per heavy atom. The van der Waals surface area contributed by atoms with Crippen LogP contribution in [0.1, 0.15) is 12.2 Å². The maximum absolute atomic E-state index is 14.8. The van der Waals surface area contributed by atoms with E-state index >= 15 is 0 Å². The first kappa shape index (κ1) is 25.7. The van der Waals surface area contributed by atoms with Crippen LogP contribution < -0.4 is 10.1 Å². The second-order valence-corrected chi connectivity index (χ2v) is 9.05.